The van der Waals surface area contributed by atoms with Gasteiger partial charge < -0.3 is 5.32 Å². The second kappa shape index (κ2) is 5.72. The molecule has 124 valence electrons. The minimum atomic E-state index is -3.93. The Kier molecular flexibility index (Phi) is 3.84. The highest BCUT2D eigenvalue weighted by Gasteiger charge is 2.27. The van der Waals surface area contributed by atoms with Crippen molar-refractivity contribution in [2.45, 2.75) is 11.3 Å². The number of carbonyl (C=O) groups is 2. The number of halogens is 1. The summed E-state index contributed by atoms with van der Waals surface area (Å²) in [5.74, 6) is -1.89. The zero-order valence-electron chi connectivity index (χ0n) is 12.6. The van der Waals surface area contributed by atoms with Gasteiger partial charge in [-0.25, -0.2) is 12.8 Å². The molecule has 0 aliphatic carbocycles. The lowest BCUT2D eigenvalue weighted by atomic mass is 10.0. The Morgan fingerprint density at radius 1 is 1.12 bits per heavy atom. The van der Waals surface area contributed by atoms with Gasteiger partial charge in [-0.2, -0.15) is 0 Å². The average molecular weight is 348 g/mol. The van der Waals surface area contributed by atoms with Crippen molar-refractivity contribution in [1.82, 2.24) is 0 Å². The van der Waals surface area contributed by atoms with Crippen LogP contribution in [0.4, 0.5) is 15.8 Å². The van der Waals surface area contributed by atoms with Crippen LogP contribution < -0.4 is 9.62 Å². The lowest BCUT2D eigenvalue weighted by Gasteiger charge is -2.21. The van der Waals surface area contributed by atoms with Gasteiger partial charge >= 0.3 is 0 Å². The van der Waals surface area contributed by atoms with Gasteiger partial charge in [-0.3, -0.25) is 13.9 Å². The molecule has 8 heteroatoms. The molecule has 0 bridgehead atoms. The van der Waals surface area contributed by atoms with Crippen molar-refractivity contribution in [3.05, 3.63) is 53.8 Å². The summed E-state index contributed by atoms with van der Waals surface area (Å²) in [6.45, 7) is 0. The second-order valence-electron chi connectivity index (χ2n) is 5.33. The van der Waals surface area contributed by atoms with Crippen molar-refractivity contribution >= 4 is 33.1 Å². The molecule has 1 amide bonds. The highest BCUT2D eigenvalue weighted by molar-refractivity contribution is 7.92. The molecule has 0 saturated heterocycles. The summed E-state index contributed by atoms with van der Waals surface area (Å²) in [5.41, 5.74) is 1.01. The number of amides is 1. The van der Waals surface area contributed by atoms with Crippen LogP contribution in [-0.4, -0.2) is 27.2 Å². The number of fused-ring (bicyclic) bond motifs is 1. The number of Topliss-reactive ketones (excluding diaryl/α,β-unsaturated/α-hetero) is 1. The zero-order chi connectivity index (χ0) is 17.5. The first-order valence-electron chi connectivity index (χ1n) is 7.00. The van der Waals surface area contributed by atoms with Crippen LogP contribution in [-0.2, 0) is 26.0 Å². The van der Waals surface area contributed by atoms with Crippen molar-refractivity contribution in [3.63, 3.8) is 0 Å². The van der Waals surface area contributed by atoms with Gasteiger partial charge in [0.25, 0.3) is 15.9 Å². The Bertz CT molecular complexity index is 956. The first-order valence-corrected chi connectivity index (χ1v) is 8.44. The minimum Gasteiger partial charge on any atom is -0.319 e. The smallest absolute Gasteiger partial charge is 0.292 e. The molecular weight excluding hydrogens is 335 g/mol. The topological polar surface area (TPSA) is 83.6 Å². The number of carbonyl (C=O) groups excluding carboxylic acids is 2. The molecule has 3 rings (SSSR count). The number of nitrogens with zero attached hydrogens (tertiary/aromatic N) is 1. The van der Waals surface area contributed by atoms with Gasteiger partial charge in [-0.15, -0.1) is 0 Å². The van der Waals surface area contributed by atoms with Crippen LogP contribution in [0.1, 0.15) is 5.56 Å². The van der Waals surface area contributed by atoms with E-state index in [1.165, 1.54) is 43.4 Å². The maximum atomic E-state index is 13.3. The number of anilines is 2. The van der Waals surface area contributed by atoms with Gasteiger partial charge in [0, 0.05) is 19.2 Å². The fraction of sp³-hybridized carbons (Fsp3) is 0.125. The molecule has 0 spiro atoms. The van der Waals surface area contributed by atoms with Gasteiger partial charge in [0.15, 0.2) is 0 Å². The van der Waals surface area contributed by atoms with E-state index < -0.39 is 27.5 Å². The van der Waals surface area contributed by atoms with E-state index >= 15 is 0 Å². The van der Waals surface area contributed by atoms with Crippen molar-refractivity contribution < 1.29 is 22.4 Å². The Morgan fingerprint density at radius 3 is 2.58 bits per heavy atom. The average Bonchev–Trinajstić information content (AvgIpc) is 2.54. The molecule has 0 unspecified atom stereocenters. The second-order valence-corrected chi connectivity index (χ2v) is 7.29. The van der Waals surface area contributed by atoms with Crippen molar-refractivity contribution in [3.8, 4) is 0 Å². The molecule has 0 fully saturated rings. The van der Waals surface area contributed by atoms with Crippen LogP contribution in [0.2, 0.25) is 0 Å². The molecule has 2 aromatic rings. The predicted molar refractivity (Wildman–Crippen MR) is 85.8 cm³/mol. The van der Waals surface area contributed by atoms with E-state index in [1.807, 2.05) is 0 Å². The SMILES string of the molecule is CN(c1cccc(F)c1)S(=O)(=O)c1ccc2c(c1)CC(=O)C(=O)N2. The monoisotopic (exact) mass is 348 g/mol. The van der Waals surface area contributed by atoms with E-state index in [0.717, 1.165) is 10.4 Å². The molecular formula is C16H13FN2O4S. The first-order chi connectivity index (χ1) is 11.3. The summed E-state index contributed by atoms with van der Waals surface area (Å²) in [5, 5.41) is 2.41. The van der Waals surface area contributed by atoms with E-state index in [9.17, 15) is 22.4 Å². The fourth-order valence-corrected chi connectivity index (χ4v) is 3.65. The molecule has 1 heterocycles. The Morgan fingerprint density at radius 2 is 1.88 bits per heavy atom. The van der Waals surface area contributed by atoms with Crippen molar-refractivity contribution in [1.29, 1.82) is 0 Å². The molecule has 1 aliphatic rings. The summed E-state index contributed by atoms with van der Waals surface area (Å²) in [4.78, 5) is 22.8. The van der Waals surface area contributed by atoms with Crippen LogP contribution in [0.3, 0.4) is 0 Å². The van der Waals surface area contributed by atoms with Gasteiger partial charge in [-0.1, -0.05) is 6.07 Å². The number of benzene rings is 2. The summed E-state index contributed by atoms with van der Waals surface area (Å²) in [6.07, 6.45) is -0.159. The van der Waals surface area contributed by atoms with Gasteiger partial charge in [0.1, 0.15) is 5.82 Å². The van der Waals surface area contributed by atoms with Gasteiger partial charge in [0.05, 0.1) is 10.6 Å². The van der Waals surface area contributed by atoms with Crippen LogP contribution >= 0.6 is 0 Å². The van der Waals surface area contributed by atoms with Crippen molar-refractivity contribution in [2.24, 2.45) is 0 Å². The number of hydrogen-bond donors (Lipinski definition) is 1. The Labute approximate surface area is 138 Å². The van der Waals surface area contributed by atoms with Gasteiger partial charge in [0.2, 0.25) is 5.78 Å². The van der Waals surface area contributed by atoms with E-state index in [-0.39, 0.29) is 17.0 Å². The van der Waals surface area contributed by atoms with E-state index in [4.69, 9.17) is 0 Å². The number of hydrogen-bond acceptors (Lipinski definition) is 4. The Balaban J connectivity index is 2.00. The van der Waals surface area contributed by atoms with Crippen LogP contribution in [0.25, 0.3) is 0 Å². The molecule has 0 radical (unpaired) electrons. The predicted octanol–water partition coefficient (Wildman–Crippen LogP) is 1.71. The number of rotatable bonds is 3. The van der Waals surface area contributed by atoms with Crippen LogP contribution in [0.5, 0.6) is 0 Å². The molecule has 1 N–H and O–H groups in total. The van der Waals surface area contributed by atoms with Crippen molar-refractivity contribution in [2.75, 3.05) is 16.7 Å². The number of ketones is 1. The third kappa shape index (κ3) is 2.76. The molecule has 0 atom stereocenters. The molecule has 0 saturated carbocycles. The maximum absolute atomic E-state index is 13.3. The van der Waals surface area contributed by atoms with Crippen LogP contribution in [0.15, 0.2) is 47.4 Å². The fourth-order valence-electron chi connectivity index (χ4n) is 2.41. The summed E-state index contributed by atoms with van der Waals surface area (Å²) in [6, 6.07) is 9.33. The normalized spacial score (nSPS) is 14.1. The summed E-state index contributed by atoms with van der Waals surface area (Å²) >= 11 is 0. The quantitative estimate of drug-likeness (QED) is 0.856. The summed E-state index contributed by atoms with van der Waals surface area (Å²) < 4.78 is 39.7. The number of sulfonamides is 1. The first kappa shape index (κ1) is 16.1. The Hall–Kier alpha value is -2.74. The van der Waals surface area contributed by atoms with Gasteiger partial charge in [-0.05, 0) is 42.0 Å². The molecule has 2 aromatic carbocycles. The lowest BCUT2D eigenvalue weighted by Crippen LogP contribution is -2.31. The maximum Gasteiger partial charge on any atom is 0.292 e. The third-order valence-electron chi connectivity index (χ3n) is 3.76. The third-order valence-corrected chi connectivity index (χ3v) is 5.54. The molecule has 24 heavy (non-hydrogen) atoms. The minimum absolute atomic E-state index is 0.0445. The largest absolute Gasteiger partial charge is 0.319 e. The van der Waals surface area contributed by atoms with E-state index in [1.54, 1.807) is 0 Å². The molecule has 0 aromatic heterocycles. The highest BCUT2D eigenvalue weighted by atomic mass is 32.2. The lowest BCUT2D eigenvalue weighted by molar-refractivity contribution is -0.134. The standard InChI is InChI=1S/C16H13FN2O4S/c1-19(12-4-2-3-11(17)9-12)24(22,23)13-5-6-14-10(7-13)8-15(20)16(21)18-14/h2-7,9H,8H2,1H3,(H,18,21). The summed E-state index contributed by atoms with van der Waals surface area (Å²) in [7, 11) is -2.61. The number of nitrogens with one attached hydrogen (secondary N) is 1. The molecule has 6 nitrogen and oxygen atoms in total. The zero-order valence-corrected chi connectivity index (χ0v) is 13.4. The van der Waals surface area contributed by atoms with E-state index in [2.05, 4.69) is 5.32 Å². The van der Waals surface area contributed by atoms with Crippen LogP contribution in [0, 0.1) is 5.82 Å². The molecule has 1 aliphatic heterocycles. The highest BCUT2D eigenvalue weighted by Crippen LogP contribution is 2.28. The van der Waals surface area contributed by atoms with E-state index in [0.29, 0.717) is 11.3 Å².